The topological polar surface area (TPSA) is 95.7 Å². The van der Waals surface area contributed by atoms with Crippen LogP contribution in [0.4, 0.5) is 0 Å². The predicted octanol–water partition coefficient (Wildman–Crippen LogP) is 2.89. The van der Waals surface area contributed by atoms with Crippen LogP contribution in [-0.4, -0.2) is 72.5 Å². The van der Waals surface area contributed by atoms with Crippen molar-refractivity contribution in [2.24, 2.45) is 11.7 Å². The fourth-order valence-electron chi connectivity index (χ4n) is 4.78. The molecule has 0 bridgehead atoms. The molecular formula is C25H38N4O3S. The number of hydrogen-bond acceptors (Lipinski definition) is 5. The average molecular weight is 475 g/mol. The van der Waals surface area contributed by atoms with Gasteiger partial charge in [0, 0.05) is 31.1 Å². The minimum absolute atomic E-state index is 0.0582. The van der Waals surface area contributed by atoms with Crippen LogP contribution < -0.4 is 11.1 Å². The second-order valence-electron chi connectivity index (χ2n) is 9.23. The first-order valence-electron chi connectivity index (χ1n) is 12.2. The first-order valence-corrected chi connectivity index (χ1v) is 13.2. The number of likely N-dealkylation sites (tertiary alicyclic amines) is 1. The van der Waals surface area contributed by atoms with Crippen molar-refractivity contribution in [3.63, 3.8) is 0 Å². The number of rotatable bonds is 10. The van der Waals surface area contributed by atoms with Crippen LogP contribution >= 0.6 is 11.8 Å². The van der Waals surface area contributed by atoms with E-state index in [0.29, 0.717) is 30.4 Å². The molecule has 3 N–H and O–H groups in total. The highest BCUT2D eigenvalue weighted by Crippen LogP contribution is 2.26. The minimum atomic E-state index is -0.217. The molecule has 1 unspecified atom stereocenters. The number of thioether (sulfide) groups is 1. The largest absolute Gasteiger partial charge is 0.369 e. The van der Waals surface area contributed by atoms with Crippen molar-refractivity contribution >= 4 is 29.5 Å². The van der Waals surface area contributed by atoms with Gasteiger partial charge in [0.05, 0.1) is 17.2 Å². The van der Waals surface area contributed by atoms with Crippen LogP contribution in [0.15, 0.2) is 29.2 Å². The Morgan fingerprint density at radius 3 is 2.64 bits per heavy atom. The summed E-state index contributed by atoms with van der Waals surface area (Å²) in [5, 5.41) is 3.01. The van der Waals surface area contributed by atoms with E-state index in [1.54, 1.807) is 0 Å². The summed E-state index contributed by atoms with van der Waals surface area (Å²) in [6.07, 6.45) is 8.51. The molecule has 1 saturated heterocycles. The summed E-state index contributed by atoms with van der Waals surface area (Å²) in [5.74, 6) is 0.0770. The molecule has 2 fully saturated rings. The lowest BCUT2D eigenvalue weighted by atomic mass is 9.94. The van der Waals surface area contributed by atoms with E-state index in [0.717, 1.165) is 50.1 Å². The lowest BCUT2D eigenvalue weighted by molar-refractivity contribution is -0.129. The maximum Gasteiger partial charge on any atom is 0.252 e. The summed E-state index contributed by atoms with van der Waals surface area (Å²) in [4.78, 5) is 41.9. The summed E-state index contributed by atoms with van der Waals surface area (Å²) in [6, 6.07) is 7.83. The molecule has 1 aliphatic heterocycles. The highest BCUT2D eigenvalue weighted by atomic mass is 32.2. The number of hydrogen-bond donors (Lipinski definition) is 2. The lowest BCUT2D eigenvalue weighted by Crippen LogP contribution is -2.42. The van der Waals surface area contributed by atoms with Gasteiger partial charge in [0.25, 0.3) is 5.91 Å². The number of piperidine rings is 1. The zero-order chi connectivity index (χ0) is 23.6. The zero-order valence-corrected chi connectivity index (χ0v) is 20.6. The molecule has 7 nitrogen and oxygen atoms in total. The molecule has 1 aromatic rings. The zero-order valence-electron chi connectivity index (χ0n) is 19.8. The number of carbonyl (C=O) groups excluding carboxylic acids is 3. The number of benzene rings is 1. The van der Waals surface area contributed by atoms with Gasteiger partial charge < -0.3 is 20.9 Å². The summed E-state index contributed by atoms with van der Waals surface area (Å²) >= 11 is 1.44. The van der Waals surface area contributed by atoms with Crippen LogP contribution in [0, 0.1) is 5.92 Å². The van der Waals surface area contributed by atoms with Crippen molar-refractivity contribution < 1.29 is 14.4 Å². The Morgan fingerprint density at radius 2 is 1.88 bits per heavy atom. The molecule has 0 spiro atoms. The van der Waals surface area contributed by atoms with Gasteiger partial charge in [0.15, 0.2) is 0 Å². The molecule has 0 aromatic heterocycles. The van der Waals surface area contributed by atoms with Crippen molar-refractivity contribution in [3.05, 3.63) is 29.8 Å². The van der Waals surface area contributed by atoms with Gasteiger partial charge in [-0.05, 0) is 57.3 Å². The Balaban J connectivity index is 1.43. The third kappa shape index (κ3) is 7.74. The molecule has 1 heterocycles. The summed E-state index contributed by atoms with van der Waals surface area (Å²) in [5.41, 5.74) is 6.07. The number of nitrogens with one attached hydrogen (secondary N) is 1. The second kappa shape index (κ2) is 13.0. The van der Waals surface area contributed by atoms with Crippen molar-refractivity contribution in [1.29, 1.82) is 0 Å². The van der Waals surface area contributed by atoms with Crippen LogP contribution in [0.25, 0.3) is 0 Å². The molecule has 8 heteroatoms. The first kappa shape index (κ1) is 25.6. The third-order valence-electron chi connectivity index (χ3n) is 6.84. The third-order valence-corrected chi connectivity index (χ3v) is 7.90. The van der Waals surface area contributed by atoms with Crippen LogP contribution in [-0.2, 0) is 9.59 Å². The molecule has 182 valence electrons. The van der Waals surface area contributed by atoms with Crippen molar-refractivity contribution in [2.45, 2.75) is 62.3 Å². The van der Waals surface area contributed by atoms with Crippen LogP contribution in [0.3, 0.4) is 0 Å². The van der Waals surface area contributed by atoms with E-state index < -0.39 is 0 Å². The highest BCUT2D eigenvalue weighted by molar-refractivity contribution is 8.00. The standard InChI is InChI=1S/C25H38N4O3S/c1-28(20-10-3-2-4-11-20)23(30)18-33-22-13-6-5-12-21(22)25(32)27-14-8-16-29-15-7-9-19(17-29)24(26)31/h5-6,12-13,19-20H,2-4,7-11,14-18H2,1H3,(H2,26,31)(H,27,32). The van der Waals surface area contributed by atoms with Crippen LogP contribution in [0.5, 0.6) is 0 Å². The number of nitrogens with two attached hydrogens (primary N) is 1. The molecule has 33 heavy (non-hydrogen) atoms. The van der Waals surface area contributed by atoms with Crippen molar-refractivity contribution in [3.8, 4) is 0 Å². The van der Waals surface area contributed by atoms with E-state index in [4.69, 9.17) is 5.73 Å². The molecule has 0 radical (unpaired) electrons. The van der Waals surface area contributed by atoms with E-state index in [2.05, 4.69) is 10.2 Å². The molecular weight excluding hydrogens is 436 g/mol. The van der Waals surface area contributed by atoms with Gasteiger partial charge in [-0.3, -0.25) is 14.4 Å². The molecule has 2 aliphatic rings. The van der Waals surface area contributed by atoms with Gasteiger partial charge >= 0.3 is 0 Å². The quantitative estimate of drug-likeness (QED) is 0.402. The highest BCUT2D eigenvalue weighted by Gasteiger charge is 2.24. The van der Waals surface area contributed by atoms with Crippen molar-refractivity contribution in [2.75, 3.05) is 39.0 Å². The number of nitrogens with zero attached hydrogens (tertiary/aromatic N) is 2. The van der Waals surface area contributed by atoms with Gasteiger partial charge in [0.2, 0.25) is 11.8 Å². The molecule has 3 rings (SSSR count). The van der Waals surface area contributed by atoms with Gasteiger partial charge in [-0.25, -0.2) is 0 Å². The van der Waals surface area contributed by atoms with Crippen LogP contribution in [0.1, 0.15) is 61.7 Å². The van der Waals surface area contributed by atoms with E-state index in [-0.39, 0.29) is 23.6 Å². The second-order valence-corrected chi connectivity index (χ2v) is 10.3. The number of carbonyl (C=O) groups is 3. The SMILES string of the molecule is CN(C(=O)CSc1ccccc1C(=O)NCCCN1CCCC(C(N)=O)C1)C1CCCCC1. The van der Waals surface area contributed by atoms with E-state index in [9.17, 15) is 14.4 Å². The molecule has 1 aromatic carbocycles. The van der Waals surface area contributed by atoms with Crippen molar-refractivity contribution in [1.82, 2.24) is 15.1 Å². The van der Waals surface area contributed by atoms with E-state index >= 15 is 0 Å². The lowest BCUT2D eigenvalue weighted by Gasteiger charge is -2.31. The summed E-state index contributed by atoms with van der Waals surface area (Å²) < 4.78 is 0. The normalized spacial score (nSPS) is 19.7. The van der Waals surface area contributed by atoms with E-state index in [1.807, 2.05) is 36.2 Å². The smallest absolute Gasteiger partial charge is 0.252 e. The Bertz CT molecular complexity index is 813. The monoisotopic (exact) mass is 474 g/mol. The molecule has 3 amide bonds. The summed E-state index contributed by atoms with van der Waals surface area (Å²) in [6.45, 7) is 3.09. The summed E-state index contributed by atoms with van der Waals surface area (Å²) in [7, 11) is 1.91. The fourth-order valence-corrected chi connectivity index (χ4v) is 5.76. The Kier molecular flexibility index (Phi) is 10.1. The van der Waals surface area contributed by atoms with Gasteiger partial charge in [-0.1, -0.05) is 31.4 Å². The number of primary amides is 1. The average Bonchev–Trinajstić information content (AvgIpc) is 2.85. The Hall–Kier alpha value is -2.06. The maximum atomic E-state index is 12.8. The fraction of sp³-hybridized carbons (Fsp3) is 0.640. The first-order chi connectivity index (χ1) is 16.0. The van der Waals surface area contributed by atoms with Crippen LogP contribution in [0.2, 0.25) is 0 Å². The minimum Gasteiger partial charge on any atom is -0.369 e. The molecule has 1 saturated carbocycles. The molecule has 1 atom stereocenters. The number of amides is 3. The predicted molar refractivity (Wildman–Crippen MR) is 132 cm³/mol. The van der Waals surface area contributed by atoms with Gasteiger partial charge in [-0.2, -0.15) is 0 Å². The van der Waals surface area contributed by atoms with E-state index in [1.165, 1.54) is 31.0 Å². The van der Waals surface area contributed by atoms with Gasteiger partial charge in [0.1, 0.15) is 0 Å². The maximum absolute atomic E-state index is 12.8. The molecule has 1 aliphatic carbocycles. The van der Waals surface area contributed by atoms with Gasteiger partial charge in [-0.15, -0.1) is 11.8 Å². The Labute approximate surface area is 201 Å². The Morgan fingerprint density at radius 1 is 1.12 bits per heavy atom.